The van der Waals surface area contributed by atoms with E-state index in [-0.39, 0.29) is 17.4 Å². The van der Waals surface area contributed by atoms with E-state index in [1.165, 1.54) is 0 Å². The van der Waals surface area contributed by atoms with Gasteiger partial charge in [-0.2, -0.15) is 0 Å². The molecule has 92 valence electrons. The summed E-state index contributed by atoms with van der Waals surface area (Å²) in [6, 6.07) is 0. The lowest BCUT2D eigenvalue weighted by molar-refractivity contribution is -0.874. The van der Waals surface area contributed by atoms with Crippen molar-refractivity contribution in [3.63, 3.8) is 0 Å². The first kappa shape index (κ1) is 17.8. The molecule has 5 heteroatoms. The van der Waals surface area contributed by atoms with E-state index in [1.807, 2.05) is 0 Å². The summed E-state index contributed by atoms with van der Waals surface area (Å²) in [7, 11) is 12.8. The average Bonchev–Trinajstić information content (AvgIpc) is 1.92. The van der Waals surface area contributed by atoms with Gasteiger partial charge in [0.15, 0.2) is 17.4 Å². The molecule has 0 rings (SSSR count). The van der Waals surface area contributed by atoms with Crippen LogP contribution < -0.4 is 0 Å². The highest BCUT2D eigenvalue weighted by atomic mass is 27.0. The van der Waals surface area contributed by atoms with Crippen LogP contribution in [0.2, 0.25) is 0 Å². The smallest absolute Gasteiger partial charge is 0.187 e. The van der Waals surface area contributed by atoms with Gasteiger partial charge in [-0.3, -0.25) is 0 Å². The van der Waals surface area contributed by atoms with Crippen molar-refractivity contribution < 1.29 is 18.7 Å². The highest BCUT2D eigenvalue weighted by Gasteiger charge is 2.08. The Morgan fingerprint density at radius 3 is 1.13 bits per heavy atom. The molecule has 0 atom stereocenters. The zero-order valence-corrected chi connectivity index (χ0v) is 10.5. The van der Waals surface area contributed by atoms with Gasteiger partial charge >= 0.3 is 0 Å². The number of hydrogen-bond acceptors (Lipinski definition) is 2. The molecule has 0 aromatic carbocycles. The maximum absolute atomic E-state index is 5.08. The number of hydrogen-bond donors (Lipinski definition) is 0. The third kappa shape index (κ3) is 17.0. The second-order valence-electron chi connectivity index (χ2n) is 5.67. The van der Waals surface area contributed by atoms with Crippen LogP contribution >= 0.6 is 0 Å². The summed E-state index contributed by atoms with van der Waals surface area (Å²) in [4.78, 5) is 10.2. The van der Waals surface area contributed by atoms with Gasteiger partial charge in [-0.1, -0.05) is 0 Å². The summed E-state index contributed by atoms with van der Waals surface area (Å²) < 4.78 is 1.80. The van der Waals surface area contributed by atoms with E-state index in [2.05, 4.69) is 42.3 Å². The number of likely N-dealkylation sites (N-methyl/N-ethyl adjacent to an activating group) is 2. The van der Waals surface area contributed by atoms with Crippen LogP contribution in [0.4, 0.5) is 0 Å². The molecule has 0 aromatic heterocycles. The van der Waals surface area contributed by atoms with Gasteiger partial charge in [-0.15, -0.1) is 0 Å². The van der Waals surface area contributed by atoms with E-state index in [4.69, 9.17) is 9.78 Å². The summed E-state index contributed by atoms with van der Waals surface area (Å²) in [5, 5.41) is 0. The van der Waals surface area contributed by atoms with Gasteiger partial charge < -0.3 is 8.97 Å². The Morgan fingerprint density at radius 1 is 0.667 bits per heavy atom. The Morgan fingerprint density at radius 2 is 0.933 bits per heavy atom. The maximum atomic E-state index is 5.08. The zero-order valence-electron chi connectivity index (χ0n) is 10.5. The van der Waals surface area contributed by atoms with E-state index in [9.17, 15) is 0 Å². The summed E-state index contributed by atoms with van der Waals surface area (Å²) in [6.07, 6.45) is 0. The van der Waals surface area contributed by atoms with E-state index < -0.39 is 0 Å². The Bertz CT molecular complexity index is 134. The molecule has 0 saturated heterocycles. The standard InChI is InChI=1S/C10H26N2O2.Al.3H/c1-11(2,3)7-9-13-14-10-8-12(4,5)6;;;;/h7-10H2,1-6H3;;;;/q+2;;;;. The van der Waals surface area contributed by atoms with Crippen molar-refractivity contribution in [1.82, 2.24) is 0 Å². The molecular formula is C10H29AlN2O2+2. The molecule has 0 fully saturated rings. The highest BCUT2D eigenvalue weighted by molar-refractivity contribution is 5.75. The van der Waals surface area contributed by atoms with E-state index in [0.717, 1.165) is 22.1 Å². The van der Waals surface area contributed by atoms with Crippen LogP contribution in [0.15, 0.2) is 0 Å². The Labute approximate surface area is 105 Å². The summed E-state index contributed by atoms with van der Waals surface area (Å²) in [5.74, 6) is 0. The van der Waals surface area contributed by atoms with Gasteiger partial charge in [-0.25, -0.2) is 9.78 Å². The molecular weight excluding hydrogens is 207 g/mol. The fourth-order valence-electron chi connectivity index (χ4n) is 0.740. The molecule has 0 N–H and O–H groups in total. The third-order valence-electron chi connectivity index (χ3n) is 1.77. The van der Waals surface area contributed by atoms with E-state index in [1.54, 1.807) is 0 Å². The zero-order chi connectivity index (χ0) is 11.2. The molecule has 0 spiro atoms. The topological polar surface area (TPSA) is 18.5 Å². The van der Waals surface area contributed by atoms with Gasteiger partial charge in [0.2, 0.25) is 0 Å². The van der Waals surface area contributed by atoms with Crippen molar-refractivity contribution in [1.29, 1.82) is 0 Å². The van der Waals surface area contributed by atoms with Gasteiger partial charge in [0.1, 0.15) is 26.3 Å². The molecule has 4 nitrogen and oxygen atoms in total. The second-order valence-corrected chi connectivity index (χ2v) is 5.67. The summed E-state index contributed by atoms with van der Waals surface area (Å²) in [6.45, 7) is 3.23. The van der Waals surface area contributed by atoms with Gasteiger partial charge in [-0.05, 0) is 0 Å². The normalized spacial score (nSPS) is 12.4. The maximum Gasteiger partial charge on any atom is 0.187 e. The van der Waals surface area contributed by atoms with Crippen molar-refractivity contribution >= 4 is 17.4 Å². The van der Waals surface area contributed by atoms with Gasteiger partial charge in [0.25, 0.3) is 0 Å². The summed E-state index contributed by atoms with van der Waals surface area (Å²) >= 11 is 0. The number of nitrogens with zero attached hydrogens (tertiary/aromatic N) is 2. The van der Waals surface area contributed by atoms with Gasteiger partial charge in [0, 0.05) is 0 Å². The van der Waals surface area contributed by atoms with Crippen molar-refractivity contribution in [2.24, 2.45) is 0 Å². The lowest BCUT2D eigenvalue weighted by Crippen LogP contribution is -2.39. The van der Waals surface area contributed by atoms with E-state index >= 15 is 0 Å². The summed E-state index contributed by atoms with van der Waals surface area (Å²) in [5.41, 5.74) is 0. The first-order chi connectivity index (χ1) is 6.21. The fraction of sp³-hybridized carbons (Fsp3) is 1.00. The predicted octanol–water partition coefficient (Wildman–Crippen LogP) is -0.837. The molecule has 0 amide bonds. The van der Waals surface area contributed by atoms with Crippen LogP contribution in [-0.2, 0) is 9.78 Å². The van der Waals surface area contributed by atoms with Crippen LogP contribution in [0.25, 0.3) is 0 Å². The minimum atomic E-state index is 0. The van der Waals surface area contributed by atoms with Crippen LogP contribution in [0, 0.1) is 0 Å². The first-order valence-corrected chi connectivity index (χ1v) is 5.06. The monoisotopic (exact) mass is 236 g/mol. The Hall–Kier alpha value is 0.372. The number of quaternary nitrogens is 2. The van der Waals surface area contributed by atoms with Crippen molar-refractivity contribution in [2.45, 2.75) is 0 Å². The SMILES string of the molecule is C[N+](C)(C)CCOOCC[N+](C)(C)C.[AlH3]. The molecule has 0 saturated carbocycles. The minimum Gasteiger partial charge on any atom is -0.329 e. The predicted molar refractivity (Wildman–Crippen MR) is 67.6 cm³/mol. The van der Waals surface area contributed by atoms with E-state index in [0.29, 0.717) is 13.2 Å². The molecule has 15 heavy (non-hydrogen) atoms. The van der Waals surface area contributed by atoms with Crippen LogP contribution in [0.5, 0.6) is 0 Å². The molecule has 0 aliphatic rings. The van der Waals surface area contributed by atoms with Crippen molar-refractivity contribution in [3.8, 4) is 0 Å². The van der Waals surface area contributed by atoms with Crippen molar-refractivity contribution in [3.05, 3.63) is 0 Å². The minimum absolute atomic E-state index is 0. The average molecular weight is 236 g/mol. The highest BCUT2D eigenvalue weighted by Crippen LogP contribution is 1.92. The lowest BCUT2D eigenvalue weighted by Gasteiger charge is -2.24. The molecule has 0 heterocycles. The molecule has 0 aromatic rings. The van der Waals surface area contributed by atoms with Gasteiger partial charge in [0.05, 0.1) is 42.3 Å². The molecule has 0 unspecified atom stereocenters. The number of rotatable bonds is 7. The Kier molecular flexibility index (Phi) is 9.01. The quantitative estimate of drug-likeness (QED) is 0.189. The largest absolute Gasteiger partial charge is 0.329 e. The van der Waals surface area contributed by atoms with Crippen molar-refractivity contribution in [2.75, 3.05) is 68.6 Å². The fourth-order valence-corrected chi connectivity index (χ4v) is 0.740. The van der Waals surface area contributed by atoms with Crippen LogP contribution in [0.3, 0.4) is 0 Å². The third-order valence-corrected chi connectivity index (χ3v) is 1.77. The molecule has 0 aliphatic carbocycles. The molecule has 0 radical (unpaired) electrons. The second kappa shape index (κ2) is 7.61. The lowest BCUT2D eigenvalue weighted by atomic mass is 10.5. The van der Waals surface area contributed by atoms with Crippen LogP contribution in [0.1, 0.15) is 0 Å². The Balaban J connectivity index is 0. The molecule has 0 bridgehead atoms. The van der Waals surface area contributed by atoms with Crippen LogP contribution in [-0.4, -0.2) is 94.9 Å². The first-order valence-electron chi connectivity index (χ1n) is 5.06. The molecule has 0 aliphatic heterocycles.